The van der Waals surface area contributed by atoms with Gasteiger partial charge in [-0.15, -0.1) is 0 Å². The van der Waals surface area contributed by atoms with Crippen molar-refractivity contribution in [3.63, 3.8) is 0 Å². The molecule has 0 saturated heterocycles. The minimum absolute atomic E-state index is 0.602. The molecule has 0 aliphatic rings. The summed E-state index contributed by atoms with van der Waals surface area (Å²) in [4.78, 5) is 13.1. The van der Waals surface area contributed by atoms with Gasteiger partial charge in [0.25, 0.3) is 0 Å². The largest absolute Gasteiger partial charge is 0.480 e. The van der Waals surface area contributed by atoms with Crippen LogP contribution in [0.15, 0.2) is 35.2 Å². The van der Waals surface area contributed by atoms with Crippen LogP contribution in [0, 0.1) is 5.92 Å². The molecule has 0 aliphatic carbocycles. The molecule has 5 heteroatoms. The van der Waals surface area contributed by atoms with E-state index in [9.17, 15) is 0 Å². The van der Waals surface area contributed by atoms with Gasteiger partial charge in [0.15, 0.2) is 12.2 Å². The lowest BCUT2D eigenvalue weighted by molar-refractivity contribution is 0.400. The Kier molecular flexibility index (Phi) is 6.29. The number of nitrogens with zero attached hydrogens (tertiary/aromatic N) is 3. The lowest BCUT2D eigenvalue weighted by Crippen LogP contribution is -2.01. The van der Waals surface area contributed by atoms with Crippen molar-refractivity contribution in [2.45, 2.75) is 40.5 Å². The van der Waals surface area contributed by atoms with Gasteiger partial charge in [-0.3, -0.25) is 0 Å². The summed E-state index contributed by atoms with van der Waals surface area (Å²) >= 11 is 0. The predicted molar refractivity (Wildman–Crippen MR) is 96.1 cm³/mol. The molecule has 0 bridgehead atoms. The highest BCUT2D eigenvalue weighted by Crippen LogP contribution is 2.28. The Morgan fingerprint density at radius 1 is 1.17 bits per heavy atom. The fourth-order valence-electron chi connectivity index (χ4n) is 2.34. The van der Waals surface area contributed by atoms with E-state index in [2.05, 4.69) is 28.8 Å². The van der Waals surface area contributed by atoms with E-state index >= 15 is 0 Å². The summed E-state index contributed by atoms with van der Waals surface area (Å²) in [6.45, 7) is 8.39. The van der Waals surface area contributed by atoms with Crippen molar-refractivity contribution < 1.29 is 9.15 Å². The summed E-state index contributed by atoms with van der Waals surface area (Å²) in [7, 11) is 1.63. The van der Waals surface area contributed by atoms with Gasteiger partial charge in [0.2, 0.25) is 5.88 Å². The maximum Gasteiger partial charge on any atom is 0.224 e. The molecule has 24 heavy (non-hydrogen) atoms. The SMILES string of the molecule is CC.COc1nc(CCC(C)C)nc2ccc(-c3cnco3)cc12. The molecule has 0 aliphatic heterocycles. The van der Waals surface area contributed by atoms with Crippen LogP contribution >= 0.6 is 0 Å². The number of ether oxygens (including phenoxy) is 1. The van der Waals surface area contributed by atoms with Crippen molar-refractivity contribution in [1.82, 2.24) is 15.0 Å². The molecule has 3 aromatic rings. The van der Waals surface area contributed by atoms with Crippen LogP contribution in [0.25, 0.3) is 22.2 Å². The molecule has 0 unspecified atom stereocenters. The first-order valence-electron chi connectivity index (χ1n) is 8.41. The predicted octanol–water partition coefficient (Wildman–Crippen LogP) is 4.91. The first-order chi connectivity index (χ1) is 11.7. The van der Waals surface area contributed by atoms with Gasteiger partial charge in [-0.05, 0) is 30.5 Å². The molecule has 3 rings (SSSR count). The van der Waals surface area contributed by atoms with Crippen molar-refractivity contribution >= 4 is 10.9 Å². The quantitative estimate of drug-likeness (QED) is 0.666. The minimum atomic E-state index is 0.602. The number of rotatable bonds is 5. The fraction of sp³-hybridized carbons (Fsp3) is 0.421. The van der Waals surface area contributed by atoms with Crippen LogP contribution in [0.4, 0.5) is 0 Å². The van der Waals surface area contributed by atoms with Gasteiger partial charge in [-0.25, -0.2) is 9.97 Å². The zero-order valence-electron chi connectivity index (χ0n) is 15.0. The first-order valence-corrected chi connectivity index (χ1v) is 8.41. The molecule has 0 fully saturated rings. The average Bonchev–Trinajstić information content (AvgIpc) is 3.15. The Morgan fingerprint density at radius 3 is 2.58 bits per heavy atom. The molecule has 0 radical (unpaired) electrons. The Balaban J connectivity index is 0.00000100. The molecule has 0 spiro atoms. The number of fused-ring (bicyclic) bond motifs is 1. The lowest BCUT2D eigenvalue weighted by Gasteiger charge is -2.09. The zero-order valence-corrected chi connectivity index (χ0v) is 15.0. The summed E-state index contributed by atoms with van der Waals surface area (Å²) in [5.41, 5.74) is 1.82. The maximum atomic E-state index is 5.45. The van der Waals surface area contributed by atoms with Gasteiger partial charge >= 0.3 is 0 Å². The molecular weight excluding hydrogens is 302 g/mol. The van der Waals surface area contributed by atoms with Gasteiger partial charge in [0.1, 0.15) is 5.82 Å². The molecule has 0 atom stereocenters. The lowest BCUT2D eigenvalue weighted by atomic mass is 10.1. The third-order valence-electron chi connectivity index (χ3n) is 3.56. The molecule has 2 aromatic heterocycles. The van der Waals surface area contributed by atoms with E-state index < -0.39 is 0 Å². The Bertz CT molecular complexity index is 768. The van der Waals surface area contributed by atoms with Crippen LogP contribution in [0.5, 0.6) is 5.88 Å². The highest BCUT2D eigenvalue weighted by atomic mass is 16.5. The molecule has 0 N–H and O–H groups in total. The molecule has 5 nitrogen and oxygen atoms in total. The van der Waals surface area contributed by atoms with Crippen LogP contribution in [0.3, 0.4) is 0 Å². The summed E-state index contributed by atoms with van der Waals surface area (Å²) in [5, 5.41) is 0.879. The Hall–Kier alpha value is -2.43. The summed E-state index contributed by atoms with van der Waals surface area (Å²) in [6.07, 6.45) is 5.02. The van der Waals surface area contributed by atoms with Crippen molar-refractivity contribution in [2.75, 3.05) is 7.11 Å². The van der Waals surface area contributed by atoms with E-state index in [1.165, 1.54) is 6.39 Å². The Morgan fingerprint density at radius 2 is 1.96 bits per heavy atom. The van der Waals surface area contributed by atoms with E-state index in [0.717, 1.165) is 35.1 Å². The number of methoxy groups -OCH3 is 1. The van der Waals surface area contributed by atoms with Gasteiger partial charge in [-0.1, -0.05) is 27.7 Å². The van der Waals surface area contributed by atoms with E-state index in [1.54, 1.807) is 13.3 Å². The number of benzene rings is 1. The third kappa shape index (κ3) is 4.10. The smallest absolute Gasteiger partial charge is 0.224 e. The fourth-order valence-corrected chi connectivity index (χ4v) is 2.34. The highest BCUT2D eigenvalue weighted by molar-refractivity contribution is 5.87. The van der Waals surface area contributed by atoms with Gasteiger partial charge in [0, 0.05) is 12.0 Å². The van der Waals surface area contributed by atoms with Gasteiger partial charge in [0.05, 0.1) is 24.2 Å². The summed E-state index contributed by atoms with van der Waals surface area (Å²) in [6, 6.07) is 5.92. The second-order valence-corrected chi connectivity index (χ2v) is 5.68. The first kappa shape index (κ1) is 17.9. The molecular formula is C19H25N3O2. The topological polar surface area (TPSA) is 61.0 Å². The number of oxazole rings is 1. The van der Waals surface area contributed by atoms with Crippen LogP contribution < -0.4 is 4.74 Å². The van der Waals surface area contributed by atoms with E-state index in [0.29, 0.717) is 17.6 Å². The van der Waals surface area contributed by atoms with Crippen molar-refractivity contribution in [3.8, 4) is 17.2 Å². The standard InChI is InChI=1S/C17H19N3O2.C2H6/c1-11(2)4-7-16-19-14-6-5-12(15-9-18-10-22-15)8-13(14)17(20-16)21-3;1-2/h5-6,8-11H,4,7H2,1-3H3;1-2H3. The van der Waals surface area contributed by atoms with Crippen LogP contribution in [0.1, 0.15) is 39.9 Å². The molecule has 0 amide bonds. The molecule has 1 aromatic carbocycles. The summed E-state index contributed by atoms with van der Waals surface area (Å²) in [5.74, 6) is 2.77. The van der Waals surface area contributed by atoms with Gasteiger partial charge in [-0.2, -0.15) is 4.98 Å². The molecule has 2 heterocycles. The zero-order chi connectivity index (χ0) is 17.5. The summed E-state index contributed by atoms with van der Waals surface area (Å²) < 4.78 is 10.8. The van der Waals surface area contributed by atoms with E-state index in [-0.39, 0.29) is 0 Å². The average molecular weight is 327 g/mol. The molecule has 128 valence electrons. The third-order valence-corrected chi connectivity index (χ3v) is 3.56. The highest BCUT2D eigenvalue weighted by Gasteiger charge is 2.11. The van der Waals surface area contributed by atoms with Crippen LogP contribution in [-0.4, -0.2) is 22.1 Å². The van der Waals surface area contributed by atoms with Crippen molar-refractivity contribution in [2.24, 2.45) is 5.92 Å². The van der Waals surface area contributed by atoms with Crippen LogP contribution in [0.2, 0.25) is 0 Å². The van der Waals surface area contributed by atoms with Gasteiger partial charge < -0.3 is 9.15 Å². The van der Waals surface area contributed by atoms with Crippen molar-refractivity contribution in [3.05, 3.63) is 36.6 Å². The minimum Gasteiger partial charge on any atom is -0.480 e. The second kappa shape index (κ2) is 8.43. The monoisotopic (exact) mass is 327 g/mol. The van der Waals surface area contributed by atoms with Crippen LogP contribution in [-0.2, 0) is 6.42 Å². The Labute approximate surface area is 143 Å². The molecule has 0 saturated carbocycles. The number of aryl methyl sites for hydroxylation is 1. The number of aromatic nitrogens is 3. The number of hydrogen-bond acceptors (Lipinski definition) is 5. The normalized spacial score (nSPS) is 10.6. The second-order valence-electron chi connectivity index (χ2n) is 5.68. The maximum absolute atomic E-state index is 5.45. The van der Waals surface area contributed by atoms with E-state index in [1.807, 2.05) is 32.0 Å². The van der Waals surface area contributed by atoms with Crippen molar-refractivity contribution in [1.29, 1.82) is 0 Å². The van der Waals surface area contributed by atoms with E-state index in [4.69, 9.17) is 9.15 Å². The number of hydrogen-bond donors (Lipinski definition) is 0.